The SMILES string of the molecule is CC(C)(C)C1CCN(C(=O)CCCCC(=O)O)CC1. The normalized spacial score (nSPS) is 17.5. The Morgan fingerprint density at radius 2 is 1.63 bits per heavy atom. The number of carboxylic acids is 1. The van der Waals surface area contributed by atoms with Gasteiger partial charge in [0.15, 0.2) is 0 Å². The van der Waals surface area contributed by atoms with E-state index in [2.05, 4.69) is 20.8 Å². The average Bonchev–Trinajstić information content (AvgIpc) is 2.33. The molecule has 4 nitrogen and oxygen atoms in total. The number of carboxylic acid groups (broad SMARTS) is 1. The van der Waals surface area contributed by atoms with Gasteiger partial charge in [0, 0.05) is 25.9 Å². The van der Waals surface area contributed by atoms with Gasteiger partial charge in [-0.1, -0.05) is 20.8 Å². The van der Waals surface area contributed by atoms with E-state index < -0.39 is 5.97 Å². The fraction of sp³-hybridized carbons (Fsp3) is 0.867. The number of nitrogens with zero attached hydrogens (tertiary/aromatic N) is 1. The molecule has 1 saturated heterocycles. The Balaban J connectivity index is 2.23. The molecule has 0 radical (unpaired) electrons. The van der Waals surface area contributed by atoms with Crippen LogP contribution >= 0.6 is 0 Å². The lowest BCUT2D eigenvalue weighted by atomic mass is 9.75. The summed E-state index contributed by atoms with van der Waals surface area (Å²) in [6, 6.07) is 0. The predicted molar refractivity (Wildman–Crippen MR) is 74.9 cm³/mol. The highest BCUT2D eigenvalue weighted by atomic mass is 16.4. The second-order valence-corrected chi connectivity index (χ2v) is 6.62. The van der Waals surface area contributed by atoms with Crippen LogP contribution in [0, 0.1) is 11.3 Å². The first kappa shape index (κ1) is 16.0. The molecule has 1 rings (SSSR count). The van der Waals surface area contributed by atoms with E-state index in [1.165, 1.54) is 0 Å². The summed E-state index contributed by atoms with van der Waals surface area (Å²) in [6.07, 6.45) is 4.12. The second-order valence-electron chi connectivity index (χ2n) is 6.62. The van der Waals surface area contributed by atoms with Gasteiger partial charge >= 0.3 is 5.97 Å². The fourth-order valence-corrected chi connectivity index (χ4v) is 2.71. The van der Waals surface area contributed by atoms with Crippen molar-refractivity contribution in [2.75, 3.05) is 13.1 Å². The maximum Gasteiger partial charge on any atom is 0.303 e. The Bertz CT molecular complexity index is 312. The molecular weight excluding hydrogens is 242 g/mol. The van der Waals surface area contributed by atoms with Crippen LogP contribution in [0.2, 0.25) is 0 Å². The number of likely N-dealkylation sites (tertiary alicyclic amines) is 1. The zero-order valence-corrected chi connectivity index (χ0v) is 12.4. The van der Waals surface area contributed by atoms with Crippen LogP contribution in [0.4, 0.5) is 0 Å². The third-order valence-corrected chi connectivity index (χ3v) is 4.10. The maximum absolute atomic E-state index is 12.0. The summed E-state index contributed by atoms with van der Waals surface area (Å²) >= 11 is 0. The van der Waals surface area contributed by atoms with Crippen molar-refractivity contribution < 1.29 is 14.7 Å². The smallest absolute Gasteiger partial charge is 0.303 e. The van der Waals surface area contributed by atoms with Crippen molar-refractivity contribution in [3.63, 3.8) is 0 Å². The Morgan fingerprint density at radius 1 is 1.11 bits per heavy atom. The molecule has 0 unspecified atom stereocenters. The van der Waals surface area contributed by atoms with Gasteiger partial charge in [-0.15, -0.1) is 0 Å². The van der Waals surface area contributed by atoms with Crippen LogP contribution in [0.15, 0.2) is 0 Å². The Morgan fingerprint density at radius 3 is 2.11 bits per heavy atom. The first-order chi connectivity index (χ1) is 8.80. The van der Waals surface area contributed by atoms with Crippen molar-refractivity contribution in [2.24, 2.45) is 11.3 Å². The molecule has 110 valence electrons. The molecule has 4 heteroatoms. The Kier molecular flexibility index (Phi) is 5.83. The summed E-state index contributed by atoms with van der Waals surface area (Å²) in [4.78, 5) is 24.3. The standard InChI is InChI=1S/C15H27NO3/c1-15(2,3)12-8-10-16(11-9-12)13(17)6-4-5-7-14(18)19/h12H,4-11H2,1-3H3,(H,18,19). The lowest BCUT2D eigenvalue weighted by Gasteiger charge is -2.38. The fourth-order valence-electron chi connectivity index (χ4n) is 2.71. The third kappa shape index (κ3) is 5.62. The van der Waals surface area contributed by atoms with Crippen LogP contribution in [0.3, 0.4) is 0 Å². The summed E-state index contributed by atoms with van der Waals surface area (Å²) in [6.45, 7) is 8.52. The molecule has 0 atom stereocenters. The van der Waals surface area contributed by atoms with Crippen LogP contribution in [0.1, 0.15) is 59.3 Å². The van der Waals surface area contributed by atoms with Gasteiger partial charge in [-0.2, -0.15) is 0 Å². The number of amides is 1. The quantitative estimate of drug-likeness (QED) is 0.781. The van der Waals surface area contributed by atoms with E-state index in [0.29, 0.717) is 30.6 Å². The predicted octanol–water partition coefficient (Wildman–Crippen LogP) is 2.92. The minimum absolute atomic E-state index is 0.166. The van der Waals surface area contributed by atoms with Gasteiger partial charge in [-0.05, 0) is 37.0 Å². The highest BCUT2D eigenvalue weighted by Gasteiger charge is 2.29. The van der Waals surface area contributed by atoms with Gasteiger partial charge < -0.3 is 10.0 Å². The second kappa shape index (κ2) is 6.92. The molecule has 1 fully saturated rings. The van der Waals surface area contributed by atoms with Crippen LogP contribution in [0.5, 0.6) is 0 Å². The van der Waals surface area contributed by atoms with E-state index >= 15 is 0 Å². The van der Waals surface area contributed by atoms with Gasteiger partial charge in [0.2, 0.25) is 5.91 Å². The number of aliphatic carboxylic acids is 1. The zero-order chi connectivity index (χ0) is 14.5. The zero-order valence-electron chi connectivity index (χ0n) is 12.4. The maximum atomic E-state index is 12.0. The van der Waals surface area contributed by atoms with Crippen molar-refractivity contribution in [2.45, 2.75) is 59.3 Å². The first-order valence-corrected chi connectivity index (χ1v) is 7.30. The van der Waals surface area contributed by atoms with Crippen molar-refractivity contribution in [3.8, 4) is 0 Å². The van der Waals surface area contributed by atoms with Crippen LogP contribution in [-0.4, -0.2) is 35.0 Å². The summed E-state index contributed by atoms with van der Waals surface area (Å²) < 4.78 is 0. The van der Waals surface area contributed by atoms with E-state index in [1.54, 1.807) is 0 Å². The summed E-state index contributed by atoms with van der Waals surface area (Å²) in [5, 5.41) is 8.54. The molecular formula is C15H27NO3. The molecule has 1 N–H and O–H groups in total. The van der Waals surface area contributed by atoms with E-state index in [1.807, 2.05) is 4.90 Å². The first-order valence-electron chi connectivity index (χ1n) is 7.30. The van der Waals surface area contributed by atoms with Crippen LogP contribution < -0.4 is 0 Å². The van der Waals surface area contributed by atoms with E-state index in [0.717, 1.165) is 25.9 Å². The number of carbonyl (C=O) groups is 2. The number of unbranched alkanes of at least 4 members (excludes halogenated alkanes) is 1. The Hall–Kier alpha value is -1.06. The molecule has 0 spiro atoms. The lowest BCUT2D eigenvalue weighted by molar-refractivity contribution is -0.138. The Labute approximate surface area is 116 Å². The molecule has 0 aliphatic carbocycles. The van der Waals surface area contributed by atoms with Crippen molar-refractivity contribution >= 4 is 11.9 Å². The van der Waals surface area contributed by atoms with Crippen molar-refractivity contribution in [1.29, 1.82) is 0 Å². The number of rotatable bonds is 5. The number of piperidine rings is 1. The van der Waals surface area contributed by atoms with Crippen LogP contribution in [-0.2, 0) is 9.59 Å². The van der Waals surface area contributed by atoms with Gasteiger partial charge in [-0.25, -0.2) is 0 Å². The highest BCUT2D eigenvalue weighted by Crippen LogP contribution is 2.34. The molecule has 1 aliphatic heterocycles. The van der Waals surface area contributed by atoms with E-state index in [-0.39, 0.29) is 12.3 Å². The van der Waals surface area contributed by atoms with Crippen molar-refractivity contribution in [1.82, 2.24) is 4.90 Å². The molecule has 0 aromatic rings. The largest absolute Gasteiger partial charge is 0.481 e. The minimum atomic E-state index is -0.779. The van der Waals surface area contributed by atoms with Crippen molar-refractivity contribution in [3.05, 3.63) is 0 Å². The third-order valence-electron chi connectivity index (χ3n) is 4.10. The van der Waals surface area contributed by atoms with Crippen LogP contribution in [0.25, 0.3) is 0 Å². The number of hydrogen-bond donors (Lipinski definition) is 1. The summed E-state index contributed by atoms with van der Waals surface area (Å²) in [5.74, 6) is 0.111. The minimum Gasteiger partial charge on any atom is -0.481 e. The van der Waals surface area contributed by atoms with Gasteiger partial charge in [-0.3, -0.25) is 9.59 Å². The monoisotopic (exact) mass is 269 g/mol. The lowest BCUT2D eigenvalue weighted by Crippen LogP contribution is -2.41. The molecule has 0 aromatic heterocycles. The molecule has 1 aliphatic rings. The van der Waals surface area contributed by atoms with Gasteiger partial charge in [0.05, 0.1) is 0 Å². The average molecular weight is 269 g/mol. The number of hydrogen-bond acceptors (Lipinski definition) is 2. The molecule has 0 saturated carbocycles. The topological polar surface area (TPSA) is 57.6 Å². The highest BCUT2D eigenvalue weighted by molar-refractivity contribution is 5.76. The van der Waals surface area contributed by atoms with E-state index in [4.69, 9.17) is 5.11 Å². The molecule has 0 bridgehead atoms. The number of carbonyl (C=O) groups excluding carboxylic acids is 1. The molecule has 1 amide bonds. The van der Waals surface area contributed by atoms with Gasteiger partial charge in [0.25, 0.3) is 0 Å². The molecule has 19 heavy (non-hydrogen) atoms. The van der Waals surface area contributed by atoms with Gasteiger partial charge in [0.1, 0.15) is 0 Å². The molecule has 0 aromatic carbocycles. The summed E-state index contributed by atoms with van der Waals surface area (Å²) in [7, 11) is 0. The summed E-state index contributed by atoms with van der Waals surface area (Å²) in [5.41, 5.74) is 0.330. The van der Waals surface area contributed by atoms with E-state index in [9.17, 15) is 9.59 Å². The molecule has 1 heterocycles.